The number of anilines is 2. The number of hydrogen-bond donors (Lipinski definition) is 2. The molecule has 1 amide bonds. The van der Waals surface area contributed by atoms with Crippen LogP contribution in [0, 0.1) is 5.82 Å². The van der Waals surface area contributed by atoms with Gasteiger partial charge in [-0.25, -0.2) is 0 Å². The van der Waals surface area contributed by atoms with Gasteiger partial charge in [0, 0.05) is 0 Å². The van der Waals surface area contributed by atoms with Crippen LogP contribution in [-0.4, -0.2) is 69.1 Å². The van der Waals surface area contributed by atoms with Crippen molar-refractivity contribution in [1.29, 1.82) is 0 Å². The molecule has 2 N–H and O–H groups in total. The number of para-hydroxylation sites is 1. The first-order chi connectivity index (χ1) is 18.5. The maximum absolute atomic E-state index is 14.9. The molecular formula is C28H32ClFN5O3P. The molecule has 8 nitrogen and oxygen atoms in total. The second-order valence-corrected chi connectivity index (χ2v) is 13.4. The van der Waals surface area contributed by atoms with Crippen LogP contribution in [0.3, 0.4) is 0 Å². The number of nitrogens with zero attached hydrogens (tertiary/aromatic N) is 5. The van der Waals surface area contributed by atoms with Crippen LogP contribution in [0.15, 0.2) is 59.4 Å². The number of fused-ring (bicyclic) bond motifs is 1. The van der Waals surface area contributed by atoms with Crippen LogP contribution in [0.4, 0.5) is 20.7 Å². The maximum atomic E-state index is 14.9. The molecule has 0 bridgehead atoms. The molecule has 1 aromatic heterocycles. The Balaban J connectivity index is 1.74. The molecule has 0 radical (unpaired) electrons. The molecular weight excluding hydrogens is 540 g/mol. The SMILES string of the molecule is CC(C)c1ccccc1N1c2nc(-c3ccccc3F)c(Cl)cc2C(N2CCN(C(=O)O)C[C@@H]2C)=N[PH]1(C)O. The van der Waals surface area contributed by atoms with Gasteiger partial charge in [-0.05, 0) is 0 Å². The van der Waals surface area contributed by atoms with Gasteiger partial charge in [0.2, 0.25) is 0 Å². The number of carbonyl (C=O) groups is 1. The van der Waals surface area contributed by atoms with Gasteiger partial charge >= 0.3 is 233 Å². The minimum absolute atomic E-state index is 0.155. The van der Waals surface area contributed by atoms with Gasteiger partial charge in [-0.2, -0.15) is 0 Å². The zero-order valence-corrected chi connectivity index (χ0v) is 24.0. The number of amidine groups is 1. The van der Waals surface area contributed by atoms with Crippen molar-refractivity contribution in [3.63, 3.8) is 0 Å². The summed E-state index contributed by atoms with van der Waals surface area (Å²) in [5.74, 6) is 0.669. The van der Waals surface area contributed by atoms with E-state index in [2.05, 4.69) is 13.8 Å². The number of aromatic nitrogens is 1. The third-order valence-electron chi connectivity index (χ3n) is 7.25. The van der Waals surface area contributed by atoms with Gasteiger partial charge in [-0.3, -0.25) is 0 Å². The Labute approximate surface area is 232 Å². The number of carboxylic acid groups (broad SMARTS) is 1. The quantitative estimate of drug-likeness (QED) is 0.355. The number of rotatable bonds is 3. The van der Waals surface area contributed by atoms with E-state index in [1.165, 1.54) is 11.0 Å². The van der Waals surface area contributed by atoms with Crippen LogP contribution in [0.2, 0.25) is 5.02 Å². The molecule has 0 aliphatic carbocycles. The minimum atomic E-state index is -3.61. The predicted molar refractivity (Wildman–Crippen MR) is 156 cm³/mol. The summed E-state index contributed by atoms with van der Waals surface area (Å²) in [6.45, 7) is 8.80. The topological polar surface area (TPSA) is 92.5 Å². The van der Waals surface area contributed by atoms with Crippen LogP contribution in [0.25, 0.3) is 11.3 Å². The van der Waals surface area contributed by atoms with Gasteiger partial charge in [0.05, 0.1) is 0 Å². The molecule has 0 saturated carbocycles. The van der Waals surface area contributed by atoms with Crippen molar-refractivity contribution < 1.29 is 19.2 Å². The molecule has 2 aliphatic heterocycles. The summed E-state index contributed by atoms with van der Waals surface area (Å²) in [6, 6.07) is 15.7. The molecule has 3 heterocycles. The van der Waals surface area contributed by atoms with Crippen molar-refractivity contribution in [1.82, 2.24) is 14.8 Å². The Morgan fingerprint density at radius 3 is 2.49 bits per heavy atom. The van der Waals surface area contributed by atoms with Gasteiger partial charge in [-0.1, -0.05) is 0 Å². The second kappa shape index (κ2) is 10.4. The van der Waals surface area contributed by atoms with E-state index in [1.807, 2.05) is 36.1 Å². The summed E-state index contributed by atoms with van der Waals surface area (Å²) >= 11 is 6.76. The predicted octanol–water partition coefficient (Wildman–Crippen LogP) is 6.36. The number of piperazine rings is 1. The van der Waals surface area contributed by atoms with Gasteiger partial charge < -0.3 is 0 Å². The van der Waals surface area contributed by atoms with Crippen molar-refractivity contribution in [2.24, 2.45) is 4.76 Å². The van der Waals surface area contributed by atoms with Crippen molar-refractivity contribution in [2.75, 3.05) is 31.0 Å². The fourth-order valence-corrected chi connectivity index (χ4v) is 7.59. The number of amides is 1. The number of benzene rings is 2. The van der Waals surface area contributed by atoms with Crippen LogP contribution < -0.4 is 4.67 Å². The third-order valence-corrected chi connectivity index (χ3v) is 9.47. The van der Waals surface area contributed by atoms with Crippen molar-refractivity contribution in [2.45, 2.75) is 32.7 Å². The Morgan fingerprint density at radius 2 is 1.82 bits per heavy atom. The average molecular weight is 572 g/mol. The van der Waals surface area contributed by atoms with E-state index in [0.29, 0.717) is 36.9 Å². The van der Waals surface area contributed by atoms with Gasteiger partial charge in [0.1, 0.15) is 0 Å². The summed E-state index contributed by atoms with van der Waals surface area (Å²) in [5.41, 5.74) is 2.94. The monoisotopic (exact) mass is 571 g/mol. The first-order valence-corrected chi connectivity index (χ1v) is 15.6. The van der Waals surface area contributed by atoms with E-state index >= 15 is 0 Å². The summed E-state index contributed by atoms with van der Waals surface area (Å²) in [5, 5.41) is 9.76. The number of halogens is 2. The fourth-order valence-electron chi connectivity index (χ4n) is 5.35. The molecule has 0 unspecified atom stereocenters. The van der Waals surface area contributed by atoms with Crippen LogP contribution in [0.5, 0.6) is 0 Å². The molecule has 1 fully saturated rings. The second-order valence-electron chi connectivity index (χ2n) is 10.4. The van der Waals surface area contributed by atoms with Crippen molar-refractivity contribution in [3.05, 3.63) is 76.6 Å². The standard InChI is InChI=1S/C28H32ClFN5O3P/c1-17(2)19-9-6-8-12-24(19)35-26-21(15-22(29)25(31-26)20-10-5-7-11-23(20)30)27(32-39(35,4)38)34-14-13-33(28(36)37)16-18(34)3/h5-12,15,17-18,38-39H,13-14,16H2,1-4H3,(H,36,37)/t18-/m0/s1. The fraction of sp³-hybridized carbons (Fsp3) is 0.321. The van der Waals surface area contributed by atoms with Crippen LogP contribution in [0.1, 0.15) is 37.8 Å². The Bertz CT molecular complexity index is 1470. The van der Waals surface area contributed by atoms with E-state index in [4.69, 9.17) is 21.3 Å². The molecule has 206 valence electrons. The number of pyridine rings is 1. The Morgan fingerprint density at radius 1 is 1.13 bits per heavy atom. The van der Waals surface area contributed by atoms with E-state index in [-0.39, 0.29) is 28.2 Å². The Kier molecular flexibility index (Phi) is 7.27. The molecule has 5 rings (SSSR count). The van der Waals surface area contributed by atoms with Gasteiger partial charge in [-0.15, -0.1) is 0 Å². The van der Waals surface area contributed by atoms with E-state index < -0.39 is 19.7 Å². The summed E-state index contributed by atoms with van der Waals surface area (Å²) in [6.07, 6.45) is -0.968. The molecule has 2 aromatic carbocycles. The van der Waals surface area contributed by atoms with E-state index in [9.17, 15) is 19.2 Å². The molecule has 0 spiro atoms. The third kappa shape index (κ3) is 4.95. The van der Waals surface area contributed by atoms with E-state index in [1.54, 1.807) is 35.6 Å². The molecule has 39 heavy (non-hydrogen) atoms. The zero-order chi connectivity index (χ0) is 28.1. The molecule has 1 saturated heterocycles. The summed E-state index contributed by atoms with van der Waals surface area (Å²) < 4.78 is 21.7. The molecule has 3 aromatic rings. The van der Waals surface area contributed by atoms with Crippen LogP contribution >= 0.6 is 19.4 Å². The van der Waals surface area contributed by atoms with Crippen LogP contribution in [-0.2, 0) is 0 Å². The van der Waals surface area contributed by atoms with Gasteiger partial charge in [0.25, 0.3) is 0 Å². The average Bonchev–Trinajstić information content (AvgIpc) is 2.88. The summed E-state index contributed by atoms with van der Waals surface area (Å²) in [7, 11) is -3.61. The van der Waals surface area contributed by atoms with Crippen molar-refractivity contribution in [3.8, 4) is 11.3 Å². The molecule has 1 atom stereocenters. The van der Waals surface area contributed by atoms with E-state index in [0.717, 1.165) is 11.3 Å². The molecule has 11 heteroatoms. The van der Waals surface area contributed by atoms with Gasteiger partial charge in [0.15, 0.2) is 0 Å². The number of hydrogen-bond acceptors (Lipinski definition) is 6. The first-order valence-electron chi connectivity index (χ1n) is 12.9. The Hall–Kier alpha value is -3.26. The first kappa shape index (κ1) is 27.3. The summed E-state index contributed by atoms with van der Waals surface area (Å²) in [4.78, 5) is 32.0. The van der Waals surface area contributed by atoms with Crippen molar-refractivity contribution >= 4 is 42.8 Å². The zero-order valence-electron chi connectivity index (χ0n) is 22.3. The molecule has 2 aliphatic rings. The normalized spacial score (nSPS) is 19.5.